The van der Waals surface area contributed by atoms with E-state index < -0.39 is 54.0 Å². The Morgan fingerprint density at radius 1 is 1.28 bits per heavy atom. The van der Waals surface area contributed by atoms with Crippen LogP contribution in [0.1, 0.15) is 36.0 Å². The summed E-state index contributed by atoms with van der Waals surface area (Å²) in [5.74, 6) is -6.00. The van der Waals surface area contributed by atoms with Gasteiger partial charge in [0.1, 0.15) is 11.6 Å². The second-order valence-electron chi connectivity index (χ2n) is 8.88. The van der Waals surface area contributed by atoms with Crippen LogP contribution in [0.25, 0.3) is 0 Å². The van der Waals surface area contributed by atoms with E-state index in [1.165, 1.54) is 36.9 Å². The molecule has 0 bridgehead atoms. The molecular formula is C24H25F4N5O3. The van der Waals surface area contributed by atoms with E-state index >= 15 is 0 Å². The number of H-pyrrole nitrogens is 1. The highest BCUT2D eigenvalue weighted by Crippen LogP contribution is 2.40. The van der Waals surface area contributed by atoms with Crippen molar-refractivity contribution >= 4 is 11.7 Å². The Hall–Kier alpha value is -3.51. The van der Waals surface area contributed by atoms with Gasteiger partial charge in [0.25, 0.3) is 11.5 Å². The number of hydrogen-bond acceptors (Lipinski definition) is 5. The number of nitrogens with zero attached hydrogens (tertiary/aromatic N) is 3. The first kappa shape index (κ1) is 25.6. The first-order chi connectivity index (χ1) is 17.1. The third kappa shape index (κ3) is 5.65. The standard InChI is InChI=1S/C24H25F4N5O3/c1-14(22(35)31-21-11-32(13-30-21)9-15-4-18(25)7-19(26)5-15)33-3-2-24(27,28)20(10-33)16-6-17(12-34)23(36)29-8-16/h4-8,11,13-14,20,34H,2-3,9-10,12H2,1H3,(H,29,36)(H,31,35)/t14-,20+/m0/s1. The topological polar surface area (TPSA) is 103 Å². The highest BCUT2D eigenvalue weighted by Gasteiger charge is 2.46. The average Bonchev–Trinajstić information content (AvgIpc) is 3.24. The highest BCUT2D eigenvalue weighted by atomic mass is 19.3. The molecule has 0 aliphatic carbocycles. The van der Waals surface area contributed by atoms with Gasteiger partial charge in [-0.1, -0.05) is 0 Å². The largest absolute Gasteiger partial charge is 0.391 e. The molecule has 3 N–H and O–H groups in total. The maximum Gasteiger partial charge on any atom is 0.257 e. The van der Waals surface area contributed by atoms with Crippen LogP contribution >= 0.6 is 0 Å². The second-order valence-corrected chi connectivity index (χ2v) is 8.88. The Kier molecular flexibility index (Phi) is 7.27. The summed E-state index contributed by atoms with van der Waals surface area (Å²) < 4.78 is 57.9. The molecule has 192 valence electrons. The summed E-state index contributed by atoms with van der Waals surface area (Å²) in [5.41, 5.74) is -0.00809. The first-order valence-electron chi connectivity index (χ1n) is 11.3. The number of pyridine rings is 1. The summed E-state index contributed by atoms with van der Waals surface area (Å²) in [7, 11) is 0. The number of anilines is 1. The third-order valence-corrected chi connectivity index (χ3v) is 6.33. The monoisotopic (exact) mass is 507 g/mol. The molecular weight excluding hydrogens is 482 g/mol. The minimum absolute atomic E-state index is 0.0113. The zero-order chi connectivity index (χ0) is 26.0. The van der Waals surface area contributed by atoms with E-state index in [9.17, 15) is 32.3 Å². The number of benzene rings is 1. The van der Waals surface area contributed by atoms with Crippen molar-refractivity contribution in [3.8, 4) is 0 Å². The van der Waals surface area contributed by atoms with Crippen LogP contribution in [0, 0.1) is 11.6 Å². The van der Waals surface area contributed by atoms with Gasteiger partial charge in [0, 0.05) is 50.1 Å². The second kappa shape index (κ2) is 10.2. The normalized spacial score (nSPS) is 18.7. The minimum Gasteiger partial charge on any atom is -0.391 e. The van der Waals surface area contributed by atoms with Crippen LogP contribution in [0.3, 0.4) is 0 Å². The molecule has 3 heterocycles. The number of imidazole rings is 1. The van der Waals surface area contributed by atoms with E-state index in [4.69, 9.17) is 0 Å². The van der Waals surface area contributed by atoms with E-state index in [1.807, 2.05) is 0 Å². The maximum absolute atomic E-state index is 14.8. The number of hydrogen-bond donors (Lipinski definition) is 3. The summed E-state index contributed by atoms with van der Waals surface area (Å²) in [6.07, 6.45) is 3.62. The summed E-state index contributed by atoms with van der Waals surface area (Å²) in [4.78, 5) is 32.6. The number of likely N-dealkylation sites (tertiary alicyclic amines) is 1. The van der Waals surface area contributed by atoms with Gasteiger partial charge >= 0.3 is 0 Å². The van der Waals surface area contributed by atoms with Crippen LogP contribution in [-0.2, 0) is 17.9 Å². The van der Waals surface area contributed by atoms with Gasteiger partial charge in [-0.15, -0.1) is 0 Å². The molecule has 8 nitrogen and oxygen atoms in total. The molecule has 1 saturated heterocycles. The van der Waals surface area contributed by atoms with Gasteiger partial charge in [0.2, 0.25) is 5.91 Å². The Bertz CT molecular complexity index is 1290. The molecule has 4 rings (SSSR count). The quantitative estimate of drug-likeness (QED) is 0.427. The fourth-order valence-electron chi connectivity index (χ4n) is 4.32. The van der Waals surface area contributed by atoms with Crippen molar-refractivity contribution in [3.05, 3.63) is 81.7 Å². The van der Waals surface area contributed by atoms with Crippen molar-refractivity contribution in [2.45, 2.75) is 44.4 Å². The van der Waals surface area contributed by atoms with E-state index in [0.29, 0.717) is 5.56 Å². The predicted molar refractivity (Wildman–Crippen MR) is 123 cm³/mol. The fourth-order valence-corrected chi connectivity index (χ4v) is 4.32. The van der Waals surface area contributed by atoms with Crippen molar-refractivity contribution in [2.75, 3.05) is 18.4 Å². The molecule has 12 heteroatoms. The number of rotatable bonds is 7. The first-order valence-corrected chi connectivity index (χ1v) is 11.3. The Labute approximate surface area is 203 Å². The van der Waals surface area contributed by atoms with Crippen LogP contribution in [0.4, 0.5) is 23.4 Å². The maximum atomic E-state index is 14.8. The van der Waals surface area contributed by atoms with E-state index in [2.05, 4.69) is 15.3 Å². The third-order valence-electron chi connectivity index (χ3n) is 6.33. The van der Waals surface area contributed by atoms with Gasteiger partial charge in [-0.25, -0.2) is 22.5 Å². The molecule has 1 aromatic carbocycles. The lowest BCUT2D eigenvalue weighted by Crippen LogP contribution is -2.52. The number of amides is 1. The fraction of sp³-hybridized carbons (Fsp3) is 0.375. The summed E-state index contributed by atoms with van der Waals surface area (Å²) >= 11 is 0. The van der Waals surface area contributed by atoms with Crippen LogP contribution < -0.4 is 10.9 Å². The molecule has 0 unspecified atom stereocenters. The molecule has 1 aliphatic heterocycles. The molecule has 2 atom stereocenters. The molecule has 1 amide bonds. The molecule has 2 aromatic heterocycles. The summed E-state index contributed by atoms with van der Waals surface area (Å²) in [6.45, 7) is 0.982. The molecule has 3 aromatic rings. The minimum atomic E-state index is -3.06. The molecule has 0 radical (unpaired) electrons. The lowest BCUT2D eigenvalue weighted by Gasteiger charge is -2.40. The molecule has 1 fully saturated rings. The molecule has 0 saturated carbocycles. The van der Waals surface area contributed by atoms with Gasteiger partial charge in [0.05, 0.1) is 24.9 Å². The van der Waals surface area contributed by atoms with Gasteiger partial charge < -0.3 is 20.0 Å². The van der Waals surface area contributed by atoms with Gasteiger partial charge in [-0.2, -0.15) is 0 Å². The Morgan fingerprint density at radius 3 is 2.69 bits per heavy atom. The summed E-state index contributed by atoms with van der Waals surface area (Å²) in [5, 5.41) is 12.0. The zero-order valence-electron chi connectivity index (χ0n) is 19.3. The number of alkyl halides is 2. The molecule has 0 spiro atoms. The van der Waals surface area contributed by atoms with Crippen molar-refractivity contribution in [2.24, 2.45) is 0 Å². The van der Waals surface area contributed by atoms with E-state index in [1.54, 1.807) is 16.4 Å². The predicted octanol–water partition coefficient (Wildman–Crippen LogP) is 2.84. The van der Waals surface area contributed by atoms with Crippen molar-refractivity contribution < 1.29 is 27.5 Å². The average molecular weight is 507 g/mol. The molecule has 1 aliphatic rings. The zero-order valence-corrected chi connectivity index (χ0v) is 19.3. The van der Waals surface area contributed by atoms with Crippen LogP contribution in [-0.4, -0.2) is 55.5 Å². The number of piperidine rings is 1. The van der Waals surface area contributed by atoms with Crippen LogP contribution in [0.15, 0.2) is 47.8 Å². The van der Waals surface area contributed by atoms with Crippen molar-refractivity contribution in [1.82, 2.24) is 19.4 Å². The van der Waals surface area contributed by atoms with Gasteiger partial charge in [0.15, 0.2) is 5.82 Å². The lowest BCUT2D eigenvalue weighted by molar-refractivity contribution is -0.125. The summed E-state index contributed by atoms with van der Waals surface area (Å²) in [6, 6.07) is 3.65. The lowest BCUT2D eigenvalue weighted by atomic mass is 9.86. The SMILES string of the molecule is C[C@@H](C(=O)Nc1cn(Cc2cc(F)cc(F)c2)cn1)N1CCC(F)(F)[C@@H](c2c[nH]c(=O)c(CO)c2)C1. The number of aromatic nitrogens is 3. The van der Waals surface area contributed by atoms with Gasteiger partial charge in [-0.3, -0.25) is 14.5 Å². The van der Waals surface area contributed by atoms with Crippen LogP contribution in [0.2, 0.25) is 0 Å². The molecule has 36 heavy (non-hydrogen) atoms. The number of nitrogens with one attached hydrogen (secondary N) is 2. The number of carbonyl (C=O) groups excluding carboxylic acids is 1. The number of carbonyl (C=O) groups is 1. The highest BCUT2D eigenvalue weighted by molar-refractivity contribution is 5.93. The number of aliphatic hydroxyl groups excluding tert-OH is 1. The van der Waals surface area contributed by atoms with Crippen LogP contribution in [0.5, 0.6) is 0 Å². The van der Waals surface area contributed by atoms with Gasteiger partial charge in [-0.05, 0) is 36.2 Å². The number of aromatic amines is 1. The Morgan fingerprint density at radius 2 is 2.00 bits per heavy atom. The Balaban J connectivity index is 1.42. The number of halogens is 4. The van der Waals surface area contributed by atoms with Crippen molar-refractivity contribution in [1.29, 1.82) is 0 Å². The van der Waals surface area contributed by atoms with E-state index in [-0.39, 0.29) is 36.6 Å². The smallest absolute Gasteiger partial charge is 0.257 e. The number of aliphatic hydroxyl groups is 1. The van der Waals surface area contributed by atoms with Crippen molar-refractivity contribution in [3.63, 3.8) is 0 Å². The van der Waals surface area contributed by atoms with E-state index in [0.717, 1.165) is 6.07 Å².